The van der Waals surface area contributed by atoms with Crippen LogP contribution in [0.4, 0.5) is 5.69 Å². The van der Waals surface area contributed by atoms with E-state index in [1.807, 2.05) is 36.4 Å². The normalized spacial score (nSPS) is 18.5. The van der Waals surface area contributed by atoms with Crippen molar-refractivity contribution in [3.8, 4) is 11.5 Å². The number of carbonyl (C=O) groups excluding carboxylic acids is 1. The molecule has 2 aromatic carbocycles. The molecule has 7 nitrogen and oxygen atoms in total. The quantitative estimate of drug-likeness (QED) is 0.513. The number of hydrogen-bond donors (Lipinski definition) is 3. The Kier molecular flexibility index (Phi) is 6.84. The van der Waals surface area contributed by atoms with Crippen LogP contribution >= 0.6 is 0 Å². The molecule has 0 radical (unpaired) electrons. The summed E-state index contributed by atoms with van der Waals surface area (Å²) in [6.45, 7) is 2.07. The highest BCUT2D eigenvalue weighted by Gasteiger charge is 2.28. The molecule has 1 amide bonds. The number of amides is 1. The van der Waals surface area contributed by atoms with Crippen LogP contribution < -0.4 is 15.4 Å². The van der Waals surface area contributed by atoms with Gasteiger partial charge in [0.2, 0.25) is 5.91 Å². The molecular formula is C24H27N3O4. The van der Waals surface area contributed by atoms with E-state index in [2.05, 4.69) is 15.8 Å². The van der Waals surface area contributed by atoms with E-state index >= 15 is 0 Å². The molecule has 31 heavy (non-hydrogen) atoms. The summed E-state index contributed by atoms with van der Waals surface area (Å²) in [6, 6.07) is 18.1. The van der Waals surface area contributed by atoms with E-state index in [4.69, 9.17) is 9.26 Å². The van der Waals surface area contributed by atoms with Gasteiger partial charge in [-0.15, -0.1) is 0 Å². The lowest BCUT2D eigenvalue weighted by Crippen LogP contribution is -2.39. The topological polar surface area (TPSA) is 96.6 Å². The van der Waals surface area contributed by atoms with Crippen molar-refractivity contribution in [1.82, 2.24) is 10.5 Å². The number of aromatic nitrogens is 1. The van der Waals surface area contributed by atoms with Gasteiger partial charge in [0.25, 0.3) is 0 Å². The number of ether oxygens (including phenoxy) is 1. The highest BCUT2D eigenvalue weighted by atomic mass is 16.5. The van der Waals surface area contributed by atoms with E-state index in [9.17, 15) is 9.90 Å². The average molecular weight is 421 g/mol. The molecule has 2 heterocycles. The molecule has 2 atom stereocenters. The average Bonchev–Trinajstić information content (AvgIpc) is 3.22. The molecule has 0 saturated carbocycles. The number of benzene rings is 2. The fourth-order valence-corrected chi connectivity index (χ4v) is 3.98. The number of hydrogen-bond acceptors (Lipinski definition) is 6. The molecule has 7 heteroatoms. The number of para-hydroxylation sites is 1. The fourth-order valence-electron chi connectivity index (χ4n) is 3.98. The Morgan fingerprint density at radius 2 is 2.03 bits per heavy atom. The Hall–Kier alpha value is -3.32. The van der Waals surface area contributed by atoms with Gasteiger partial charge in [-0.05, 0) is 62.0 Å². The van der Waals surface area contributed by atoms with Crippen molar-refractivity contribution >= 4 is 11.6 Å². The van der Waals surface area contributed by atoms with Gasteiger partial charge in [0.05, 0.1) is 5.69 Å². The molecule has 1 aliphatic heterocycles. The number of carbonyl (C=O) groups is 1. The fraction of sp³-hybridized carbons (Fsp3) is 0.333. The van der Waals surface area contributed by atoms with Crippen molar-refractivity contribution in [2.45, 2.75) is 25.9 Å². The Bertz CT molecular complexity index is 989. The molecule has 4 rings (SSSR count). The van der Waals surface area contributed by atoms with E-state index in [0.29, 0.717) is 24.5 Å². The summed E-state index contributed by atoms with van der Waals surface area (Å²) in [5.41, 5.74) is 1.48. The number of nitrogens with zero attached hydrogens (tertiary/aromatic N) is 1. The Morgan fingerprint density at radius 3 is 2.87 bits per heavy atom. The molecular weight excluding hydrogens is 394 g/mol. The number of phenolic OH excluding ortho intramolecular Hbond substituents is 1. The van der Waals surface area contributed by atoms with Gasteiger partial charge in [-0.2, -0.15) is 0 Å². The van der Waals surface area contributed by atoms with Crippen LogP contribution in [-0.4, -0.2) is 29.3 Å². The summed E-state index contributed by atoms with van der Waals surface area (Å²) >= 11 is 0. The highest BCUT2D eigenvalue weighted by Crippen LogP contribution is 2.27. The van der Waals surface area contributed by atoms with Gasteiger partial charge in [0.15, 0.2) is 5.76 Å². The molecule has 1 aromatic heterocycles. The van der Waals surface area contributed by atoms with Crippen LogP contribution in [-0.2, 0) is 17.8 Å². The lowest BCUT2D eigenvalue weighted by atomic mass is 9.81. The predicted molar refractivity (Wildman–Crippen MR) is 117 cm³/mol. The minimum atomic E-state index is -0.0420. The van der Waals surface area contributed by atoms with Crippen molar-refractivity contribution < 1.29 is 19.2 Å². The van der Waals surface area contributed by atoms with E-state index in [0.717, 1.165) is 37.4 Å². The highest BCUT2D eigenvalue weighted by molar-refractivity contribution is 5.91. The number of nitrogens with one attached hydrogen (secondary N) is 2. The van der Waals surface area contributed by atoms with Crippen LogP contribution in [0.25, 0.3) is 0 Å². The molecule has 0 bridgehead atoms. The lowest BCUT2D eigenvalue weighted by Gasteiger charge is -2.31. The number of phenols is 1. The van der Waals surface area contributed by atoms with Gasteiger partial charge in [0.1, 0.15) is 18.1 Å². The SMILES string of the molecule is O=C(CC1CCNCC1Cc1cc(COc2ccccc2)on1)Nc1cccc(O)c1. The number of aromatic hydroxyl groups is 1. The first-order valence-electron chi connectivity index (χ1n) is 10.6. The second-order valence-corrected chi connectivity index (χ2v) is 7.91. The summed E-state index contributed by atoms with van der Waals surface area (Å²) in [4.78, 5) is 12.6. The second-order valence-electron chi connectivity index (χ2n) is 7.91. The molecule has 3 N–H and O–H groups in total. The smallest absolute Gasteiger partial charge is 0.224 e. The summed E-state index contributed by atoms with van der Waals surface area (Å²) < 4.78 is 11.2. The molecule has 2 unspecified atom stereocenters. The van der Waals surface area contributed by atoms with Gasteiger partial charge in [-0.3, -0.25) is 4.79 Å². The van der Waals surface area contributed by atoms with Crippen molar-refractivity contribution in [3.63, 3.8) is 0 Å². The third kappa shape index (κ3) is 6.08. The van der Waals surface area contributed by atoms with Crippen LogP contribution in [0.5, 0.6) is 11.5 Å². The zero-order chi connectivity index (χ0) is 21.5. The van der Waals surface area contributed by atoms with Crippen LogP contribution in [0, 0.1) is 11.8 Å². The molecule has 0 spiro atoms. The molecule has 3 aromatic rings. The number of anilines is 1. The number of piperidine rings is 1. The first kappa shape index (κ1) is 20.9. The van der Waals surface area contributed by atoms with E-state index in [-0.39, 0.29) is 23.5 Å². The van der Waals surface area contributed by atoms with Crippen LogP contribution in [0.3, 0.4) is 0 Å². The standard InChI is InChI=1S/C24H27N3O4/c28-21-6-4-5-19(13-21)26-24(29)12-17-9-10-25-15-18(17)11-20-14-23(31-27-20)16-30-22-7-2-1-3-8-22/h1-8,13-14,17-18,25,28H,9-12,15-16H2,(H,26,29). The van der Waals surface area contributed by atoms with E-state index in [1.165, 1.54) is 0 Å². The van der Waals surface area contributed by atoms with Crippen molar-refractivity contribution in [2.24, 2.45) is 11.8 Å². The van der Waals surface area contributed by atoms with Crippen molar-refractivity contribution in [2.75, 3.05) is 18.4 Å². The first-order chi connectivity index (χ1) is 15.2. The zero-order valence-electron chi connectivity index (χ0n) is 17.3. The molecule has 1 aliphatic rings. The van der Waals surface area contributed by atoms with Crippen molar-refractivity contribution in [1.29, 1.82) is 0 Å². The van der Waals surface area contributed by atoms with Crippen LogP contribution in [0.1, 0.15) is 24.3 Å². The van der Waals surface area contributed by atoms with Gasteiger partial charge in [-0.1, -0.05) is 29.4 Å². The molecule has 1 saturated heterocycles. The van der Waals surface area contributed by atoms with Gasteiger partial charge < -0.3 is 25.0 Å². The maximum atomic E-state index is 12.6. The lowest BCUT2D eigenvalue weighted by molar-refractivity contribution is -0.117. The second kappa shape index (κ2) is 10.1. The minimum Gasteiger partial charge on any atom is -0.508 e. The maximum absolute atomic E-state index is 12.6. The van der Waals surface area contributed by atoms with Gasteiger partial charge >= 0.3 is 0 Å². The molecule has 162 valence electrons. The Morgan fingerprint density at radius 1 is 1.16 bits per heavy atom. The largest absolute Gasteiger partial charge is 0.508 e. The van der Waals surface area contributed by atoms with Crippen LogP contribution in [0.2, 0.25) is 0 Å². The third-order valence-electron chi connectivity index (χ3n) is 5.55. The van der Waals surface area contributed by atoms with Gasteiger partial charge in [0, 0.05) is 24.2 Å². The van der Waals surface area contributed by atoms with E-state index < -0.39 is 0 Å². The third-order valence-corrected chi connectivity index (χ3v) is 5.55. The zero-order valence-corrected chi connectivity index (χ0v) is 17.3. The maximum Gasteiger partial charge on any atom is 0.224 e. The summed E-state index contributed by atoms with van der Waals surface area (Å²) in [6.07, 6.45) is 2.11. The Balaban J connectivity index is 1.31. The summed E-state index contributed by atoms with van der Waals surface area (Å²) in [5.74, 6) is 2.10. The minimum absolute atomic E-state index is 0.0420. The molecule has 1 fully saturated rings. The van der Waals surface area contributed by atoms with Gasteiger partial charge in [-0.25, -0.2) is 0 Å². The predicted octanol–water partition coefficient (Wildman–Crippen LogP) is 3.76. The first-order valence-corrected chi connectivity index (χ1v) is 10.6. The monoisotopic (exact) mass is 421 g/mol. The molecule has 0 aliphatic carbocycles. The van der Waals surface area contributed by atoms with E-state index in [1.54, 1.807) is 24.3 Å². The number of rotatable bonds is 8. The Labute approximate surface area is 181 Å². The van der Waals surface area contributed by atoms with Crippen molar-refractivity contribution in [3.05, 3.63) is 72.1 Å². The van der Waals surface area contributed by atoms with Crippen LogP contribution in [0.15, 0.2) is 65.2 Å². The summed E-state index contributed by atoms with van der Waals surface area (Å²) in [7, 11) is 0. The summed E-state index contributed by atoms with van der Waals surface area (Å²) in [5, 5.41) is 20.1.